The first-order chi connectivity index (χ1) is 9.52. The summed E-state index contributed by atoms with van der Waals surface area (Å²) in [4.78, 5) is 27.8. The van der Waals surface area contributed by atoms with E-state index in [0.717, 1.165) is 11.3 Å². The predicted molar refractivity (Wildman–Crippen MR) is 74.6 cm³/mol. The van der Waals surface area contributed by atoms with Crippen LogP contribution in [-0.2, 0) is 11.8 Å². The Morgan fingerprint density at radius 2 is 2.25 bits per heavy atom. The SMILES string of the molecule is CCOC(=O)c1nc(Nc2ccnn2C)sc1C(C)=O. The molecule has 0 aromatic carbocycles. The molecule has 2 aromatic rings. The van der Waals surface area contributed by atoms with E-state index in [1.165, 1.54) is 6.92 Å². The van der Waals surface area contributed by atoms with E-state index in [1.54, 1.807) is 30.9 Å². The van der Waals surface area contributed by atoms with E-state index in [4.69, 9.17) is 4.74 Å². The third kappa shape index (κ3) is 2.85. The Balaban J connectivity index is 2.32. The molecule has 0 aliphatic rings. The zero-order chi connectivity index (χ0) is 14.7. The van der Waals surface area contributed by atoms with Crippen LogP contribution in [0.3, 0.4) is 0 Å². The van der Waals surface area contributed by atoms with Gasteiger partial charge >= 0.3 is 5.97 Å². The number of nitrogens with one attached hydrogen (secondary N) is 1. The number of aromatic nitrogens is 3. The van der Waals surface area contributed by atoms with Gasteiger partial charge in [-0.3, -0.25) is 9.48 Å². The van der Waals surface area contributed by atoms with Crippen molar-refractivity contribution in [2.24, 2.45) is 7.05 Å². The number of carbonyl (C=O) groups is 2. The van der Waals surface area contributed by atoms with Crippen LogP contribution in [0.1, 0.15) is 34.0 Å². The number of aryl methyl sites for hydroxylation is 1. The maximum Gasteiger partial charge on any atom is 0.358 e. The lowest BCUT2D eigenvalue weighted by molar-refractivity contribution is 0.0517. The van der Waals surface area contributed by atoms with Crippen molar-refractivity contribution in [2.45, 2.75) is 13.8 Å². The van der Waals surface area contributed by atoms with Gasteiger partial charge in [-0.1, -0.05) is 11.3 Å². The van der Waals surface area contributed by atoms with Crippen molar-refractivity contribution < 1.29 is 14.3 Å². The third-order valence-electron chi connectivity index (χ3n) is 2.47. The summed E-state index contributed by atoms with van der Waals surface area (Å²) in [6.07, 6.45) is 1.63. The molecule has 2 rings (SSSR count). The summed E-state index contributed by atoms with van der Waals surface area (Å²) in [5.41, 5.74) is 0.0500. The van der Waals surface area contributed by atoms with Crippen molar-refractivity contribution >= 4 is 34.0 Å². The molecule has 1 N–H and O–H groups in total. The van der Waals surface area contributed by atoms with E-state index in [-0.39, 0.29) is 23.0 Å². The van der Waals surface area contributed by atoms with Gasteiger partial charge in [0.15, 0.2) is 16.6 Å². The lowest BCUT2D eigenvalue weighted by atomic mass is 10.3. The first kappa shape index (κ1) is 14.2. The van der Waals surface area contributed by atoms with Crippen LogP contribution < -0.4 is 5.32 Å². The maximum absolute atomic E-state index is 11.8. The van der Waals surface area contributed by atoms with Crippen LogP contribution in [0.5, 0.6) is 0 Å². The molecule has 8 heteroatoms. The molecular weight excluding hydrogens is 280 g/mol. The Bertz CT molecular complexity index is 647. The van der Waals surface area contributed by atoms with Gasteiger partial charge in [-0.2, -0.15) is 5.10 Å². The topological polar surface area (TPSA) is 86.1 Å². The van der Waals surface area contributed by atoms with Crippen LogP contribution >= 0.6 is 11.3 Å². The first-order valence-corrected chi connectivity index (χ1v) is 6.78. The number of anilines is 2. The van der Waals surface area contributed by atoms with Crippen molar-refractivity contribution in [3.05, 3.63) is 22.8 Å². The monoisotopic (exact) mass is 294 g/mol. The minimum atomic E-state index is -0.591. The Labute approximate surface area is 119 Å². The predicted octanol–water partition coefficient (Wildman–Crippen LogP) is 2.00. The molecule has 106 valence electrons. The summed E-state index contributed by atoms with van der Waals surface area (Å²) < 4.78 is 6.52. The average Bonchev–Trinajstić information content (AvgIpc) is 2.98. The minimum Gasteiger partial charge on any atom is -0.461 e. The number of Topliss-reactive ketones (excluding diaryl/α,β-unsaturated/α-hetero) is 1. The Morgan fingerprint density at radius 3 is 2.80 bits per heavy atom. The van der Waals surface area contributed by atoms with Gasteiger partial charge in [0.2, 0.25) is 0 Å². The number of thiazole rings is 1. The van der Waals surface area contributed by atoms with Gasteiger partial charge in [0.1, 0.15) is 10.7 Å². The highest BCUT2D eigenvalue weighted by Crippen LogP contribution is 2.26. The smallest absolute Gasteiger partial charge is 0.358 e. The fourth-order valence-corrected chi connectivity index (χ4v) is 2.41. The van der Waals surface area contributed by atoms with Crippen LogP contribution in [0, 0.1) is 0 Å². The zero-order valence-corrected chi connectivity index (χ0v) is 12.2. The standard InChI is InChI=1S/C12H14N4O3S/c1-4-19-11(18)9-10(7(2)17)20-12(15-9)14-8-5-6-13-16(8)3/h5-6H,4H2,1-3H3,(H,14,15). The summed E-state index contributed by atoms with van der Waals surface area (Å²) >= 11 is 1.12. The van der Waals surface area contributed by atoms with Crippen molar-refractivity contribution in [1.29, 1.82) is 0 Å². The van der Waals surface area contributed by atoms with Crippen molar-refractivity contribution in [2.75, 3.05) is 11.9 Å². The molecule has 0 aliphatic carbocycles. The number of nitrogens with zero attached hydrogens (tertiary/aromatic N) is 3. The molecule has 7 nitrogen and oxygen atoms in total. The number of hydrogen-bond donors (Lipinski definition) is 1. The average molecular weight is 294 g/mol. The quantitative estimate of drug-likeness (QED) is 0.670. The van der Waals surface area contributed by atoms with Crippen LogP contribution in [0.2, 0.25) is 0 Å². The Morgan fingerprint density at radius 1 is 1.50 bits per heavy atom. The molecule has 0 saturated carbocycles. The molecule has 2 heterocycles. The molecule has 20 heavy (non-hydrogen) atoms. The molecule has 0 aliphatic heterocycles. The number of hydrogen-bond acceptors (Lipinski definition) is 7. The molecule has 0 saturated heterocycles. The molecule has 2 aromatic heterocycles. The van der Waals surface area contributed by atoms with Crippen LogP contribution in [0.4, 0.5) is 10.9 Å². The van der Waals surface area contributed by atoms with Gasteiger partial charge in [-0.05, 0) is 6.92 Å². The van der Waals surface area contributed by atoms with Gasteiger partial charge in [-0.25, -0.2) is 9.78 Å². The molecule has 0 amide bonds. The second-order valence-electron chi connectivity index (χ2n) is 3.94. The fraction of sp³-hybridized carbons (Fsp3) is 0.333. The number of ether oxygens (including phenoxy) is 1. The van der Waals surface area contributed by atoms with E-state index >= 15 is 0 Å². The first-order valence-electron chi connectivity index (χ1n) is 5.96. The third-order valence-corrected chi connectivity index (χ3v) is 3.54. The number of rotatable bonds is 5. The zero-order valence-electron chi connectivity index (χ0n) is 11.3. The highest BCUT2D eigenvalue weighted by Gasteiger charge is 2.22. The van der Waals surface area contributed by atoms with E-state index in [9.17, 15) is 9.59 Å². The fourth-order valence-electron chi connectivity index (χ4n) is 1.56. The normalized spacial score (nSPS) is 10.3. The highest BCUT2D eigenvalue weighted by atomic mass is 32.1. The maximum atomic E-state index is 11.8. The van der Waals surface area contributed by atoms with Gasteiger partial charge < -0.3 is 10.1 Å². The van der Waals surface area contributed by atoms with E-state index in [2.05, 4.69) is 15.4 Å². The molecule has 0 spiro atoms. The lowest BCUT2D eigenvalue weighted by Crippen LogP contribution is -2.09. The molecule has 0 radical (unpaired) electrons. The molecule has 0 unspecified atom stereocenters. The summed E-state index contributed by atoms with van der Waals surface area (Å²) in [6, 6.07) is 1.76. The highest BCUT2D eigenvalue weighted by molar-refractivity contribution is 7.17. The van der Waals surface area contributed by atoms with E-state index < -0.39 is 5.97 Å². The lowest BCUT2D eigenvalue weighted by Gasteiger charge is -2.01. The van der Waals surface area contributed by atoms with Gasteiger partial charge in [-0.15, -0.1) is 0 Å². The number of ketones is 1. The second-order valence-corrected chi connectivity index (χ2v) is 4.94. The molecular formula is C12H14N4O3S. The Kier molecular flexibility index (Phi) is 4.14. The second kappa shape index (κ2) is 5.83. The molecule has 0 atom stereocenters. The van der Waals surface area contributed by atoms with Crippen molar-refractivity contribution in [1.82, 2.24) is 14.8 Å². The van der Waals surface area contributed by atoms with Crippen molar-refractivity contribution in [3.63, 3.8) is 0 Å². The van der Waals surface area contributed by atoms with Gasteiger partial charge in [0.25, 0.3) is 0 Å². The minimum absolute atomic E-state index is 0.0500. The summed E-state index contributed by atoms with van der Waals surface area (Å²) in [5, 5.41) is 7.47. The molecule has 0 fully saturated rings. The number of esters is 1. The largest absolute Gasteiger partial charge is 0.461 e. The van der Waals surface area contributed by atoms with Crippen LogP contribution in [-0.4, -0.2) is 33.1 Å². The molecule has 0 bridgehead atoms. The van der Waals surface area contributed by atoms with E-state index in [1.807, 2.05) is 0 Å². The summed E-state index contributed by atoms with van der Waals surface area (Å²) in [6.45, 7) is 3.33. The van der Waals surface area contributed by atoms with Crippen molar-refractivity contribution in [3.8, 4) is 0 Å². The summed E-state index contributed by atoms with van der Waals surface area (Å²) in [7, 11) is 1.77. The van der Waals surface area contributed by atoms with Crippen LogP contribution in [0.25, 0.3) is 0 Å². The van der Waals surface area contributed by atoms with E-state index in [0.29, 0.717) is 10.9 Å². The number of carbonyl (C=O) groups excluding carboxylic acids is 2. The van der Waals surface area contributed by atoms with Gasteiger partial charge in [0.05, 0.1) is 12.8 Å². The Hall–Kier alpha value is -2.22. The van der Waals surface area contributed by atoms with Gasteiger partial charge in [0, 0.05) is 20.0 Å². The van der Waals surface area contributed by atoms with Crippen LogP contribution in [0.15, 0.2) is 12.3 Å². The summed E-state index contributed by atoms with van der Waals surface area (Å²) in [5.74, 6) is -0.0973.